The van der Waals surface area contributed by atoms with Crippen LogP contribution in [0.1, 0.15) is 25.1 Å². The SMILES string of the molecule is COC(=O)CCC(=O)CCc1nc2ccccc2n1C. The number of aryl methyl sites for hydroxylation is 2. The number of aromatic nitrogens is 2. The van der Waals surface area contributed by atoms with Crippen molar-refractivity contribution in [1.82, 2.24) is 9.55 Å². The van der Waals surface area contributed by atoms with Crippen LogP contribution >= 0.6 is 0 Å². The molecule has 20 heavy (non-hydrogen) atoms. The normalized spacial score (nSPS) is 10.7. The van der Waals surface area contributed by atoms with Gasteiger partial charge >= 0.3 is 5.97 Å². The molecule has 0 spiro atoms. The van der Waals surface area contributed by atoms with Gasteiger partial charge in [-0.05, 0) is 12.1 Å². The zero-order chi connectivity index (χ0) is 14.5. The van der Waals surface area contributed by atoms with Gasteiger partial charge in [0.25, 0.3) is 0 Å². The summed E-state index contributed by atoms with van der Waals surface area (Å²) in [6.45, 7) is 0. The standard InChI is InChI=1S/C15H18N2O3/c1-17-13-6-4-3-5-12(13)16-14(17)9-7-11(18)8-10-15(19)20-2/h3-6H,7-10H2,1-2H3. The van der Waals surface area contributed by atoms with Gasteiger partial charge in [-0.1, -0.05) is 12.1 Å². The number of fused-ring (bicyclic) bond motifs is 1. The number of rotatable bonds is 6. The summed E-state index contributed by atoms with van der Waals surface area (Å²) in [7, 11) is 3.27. The molecule has 2 aromatic rings. The van der Waals surface area contributed by atoms with Crippen LogP contribution in [-0.2, 0) is 27.8 Å². The highest BCUT2D eigenvalue weighted by Crippen LogP contribution is 2.15. The van der Waals surface area contributed by atoms with Crippen LogP contribution in [0.15, 0.2) is 24.3 Å². The molecule has 1 aromatic carbocycles. The van der Waals surface area contributed by atoms with Crippen LogP contribution in [0.25, 0.3) is 11.0 Å². The number of carbonyl (C=O) groups excluding carboxylic acids is 2. The molecule has 0 atom stereocenters. The number of esters is 1. The predicted molar refractivity (Wildman–Crippen MR) is 75.3 cm³/mol. The third-order valence-electron chi connectivity index (χ3n) is 3.34. The fourth-order valence-corrected chi connectivity index (χ4v) is 2.14. The van der Waals surface area contributed by atoms with Gasteiger partial charge in [-0.25, -0.2) is 4.98 Å². The van der Waals surface area contributed by atoms with E-state index in [2.05, 4.69) is 9.72 Å². The molecule has 0 N–H and O–H groups in total. The van der Waals surface area contributed by atoms with Crippen LogP contribution in [0.3, 0.4) is 0 Å². The Balaban J connectivity index is 1.94. The maximum absolute atomic E-state index is 11.7. The highest BCUT2D eigenvalue weighted by molar-refractivity contribution is 5.83. The van der Waals surface area contributed by atoms with Gasteiger partial charge in [0.2, 0.25) is 0 Å². The van der Waals surface area contributed by atoms with Crippen molar-refractivity contribution in [3.05, 3.63) is 30.1 Å². The number of ether oxygens (including phenoxy) is 1. The minimum Gasteiger partial charge on any atom is -0.469 e. The monoisotopic (exact) mass is 274 g/mol. The number of benzene rings is 1. The van der Waals surface area contributed by atoms with Crippen molar-refractivity contribution in [3.8, 4) is 0 Å². The van der Waals surface area contributed by atoms with E-state index in [9.17, 15) is 9.59 Å². The molecular formula is C15H18N2O3. The Morgan fingerprint density at radius 3 is 2.65 bits per heavy atom. The predicted octanol–water partition coefficient (Wildman–Crippen LogP) is 2.03. The smallest absolute Gasteiger partial charge is 0.305 e. The number of para-hydroxylation sites is 2. The number of hydrogen-bond acceptors (Lipinski definition) is 4. The minimum absolute atomic E-state index is 0.0578. The fraction of sp³-hybridized carbons (Fsp3) is 0.400. The Kier molecular flexibility index (Phi) is 4.50. The Morgan fingerprint density at radius 2 is 1.95 bits per heavy atom. The van der Waals surface area contributed by atoms with Crippen LogP contribution in [0.5, 0.6) is 0 Å². The summed E-state index contributed by atoms with van der Waals surface area (Å²) in [5, 5.41) is 0. The second kappa shape index (κ2) is 6.32. The third-order valence-corrected chi connectivity index (χ3v) is 3.34. The second-order valence-electron chi connectivity index (χ2n) is 4.69. The molecule has 0 unspecified atom stereocenters. The number of imidazole rings is 1. The molecule has 0 aliphatic carbocycles. The van der Waals surface area contributed by atoms with Crippen molar-refractivity contribution in [2.45, 2.75) is 25.7 Å². The molecule has 2 rings (SSSR count). The van der Waals surface area contributed by atoms with Crippen molar-refractivity contribution in [3.63, 3.8) is 0 Å². The van der Waals surface area contributed by atoms with E-state index in [1.165, 1.54) is 7.11 Å². The van der Waals surface area contributed by atoms with Crippen LogP contribution in [0.2, 0.25) is 0 Å². The molecule has 5 nitrogen and oxygen atoms in total. The Hall–Kier alpha value is -2.17. The van der Waals surface area contributed by atoms with Crippen molar-refractivity contribution in [1.29, 1.82) is 0 Å². The van der Waals surface area contributed by atoms with E-state index in [-0.39, 0.29) is 24.6 Å². The van der Waals surface area contributed by atoms with E-state index < -0.39 is 0 Å². The van der Waals surface area contributed by atoms with E-state index in [4.69, 9.17) is 0 Å². The van der Waals surface area contributed by atoms with Gasteiger partial charge < -0.3 is 9.30 Å². The van der Waals surface area contributed by atoms with Crippen LogP contribution < -0.4 is 0 Å². The Labute approximate surface area is 117 Å². The lowest BCUT2D eigenvalue weighted by Gasteiger charge is -2.02. The average molecular weight is 274 g/mol. The topological polar surface area (TPSA) is 61.2 Å². The molecule has 0 saturated carbocycles. The molecule has 0 bridgehead atoms. The van der Waals surface area contributed by atoms with E-state index in [0.29, 0.717) is 12.8 Å². The summed E-state index contributed by atoms with van der Waals surface area (Å²) in [5.41, 5.74) is 2.00. The molecular weight excluding hydrogens is 256 g/mol. The summed E-state index contributed by atoms with van der Waals surface area (Å²) >= 11 is 0. The van der Waals surface area contributed by atoms with Gasteiger partial charge in [-0.2, -0.15) is 0 Å². The van der Waals surface area contributed by atoms with Crippen LogP contribution in [-0.4, -0.2) is 28.4 Å². The first-order valence-electron chi connectivity index (χ1n) is 6.60. The molecule has 1 aromatic heterocycles. The maximum Gasteiger partial charge on any atom is 0.305 e. The molecule has 0 aliphatic heterocycles. The Bertz CT molecular complexity index is 631. The van der Waals surface area contributed by atoms with Crippen molar-refractivity contribution in [2.75, 3.05) is 7.11 Å². The summed E-state index contributed by atoms with van der Waals surface area (Å²) in [6, 6.07) is 7.87. The largest absolute Gasteiger partial charge is 0.469 e. The van der Waals surface area contributed by atoms with Gasteiger partial charge in [-0.15, -0.1) is 0 Å². The first-order chi connectivity index (χ1) is 9.61. The number of hydrogen-bond donors (Lipinski definition) is 0. The lowest BCUT2D eigenvalue weighted by molar-refractivity contribution is -0.141. The molecule has 106 valence electrons. The van der Waals surface area contributed by atoms with E-state index in [1.54, 1.807) is 0 Å². The molecule has 0 radical (unpaired) electrons. The number of ketones is 1. The van der Waals surface area contributed by atoms with Crippen molar-refractivity contribution in [2.24, 2.45) is 7.05 Å². The van der Waals surface area contributed by atoms with Crippen LogP contribution in [0.4, 0.5) is 0 Å². The highest BCUT2D eigenvalue weighted by Gasteiger charge is 2.11. The molecule has 1 heterocycles. The maximum atomic E-state index is 11.7. The average Bonchev–Trinajstić information content (AvgIpc) is 2.79. The number of Topliss-reactive ketones (excluding diaryl/α,β-unsaturated/α-hetero) is 1. The molecule has 0 fully saturated rings. The molecule has 5 heteroatoms. The zero-order valence-electron chi connectivity index (χ0n) is 11.8. The minimum atomic E-state index is -0.346. The quantitative estimate of drug-likeness (QED) is 0.756. The molecule has 0 aliphatic rings. The van der Waals surface area contributed by atoms with Crippen molar-refractivity contribution < 1.29 is 14.3 Å². The zero-order valence-corrected chi connectivity index (χ0v) is 11.8. The summed E-state index contributed by atoms with van der Waals surface area (Å²) in [5.74, 6) is 0.598. The van der Waals surface area contributed by atoms with Gasteiger partial charge in [-0.3, -0.25) is 9.59 Å². The van der Waals surface area contributed by atoms with E-state index in [1.807, 2.05) is 35.9 Å². The second-order valence-corrected chi connectivity index (χ2v) is 4.69. The lowest BCUT2D eigenvalue weighted by atomic mass is 10.1. The number of carbonyl (C=O) groups is 2. The van der Waals surface area contributed by atoms with Crippen molar-refractivity contribution >= 4 is 22.8 Å². The molecule has 0 amide bonds. The third kappa shape index (κ3) is 3.23. The van der Waals surface area contributed by atoms with Gasteiger partial charge in [0, 0.05) is 26.3 Å². The van der Waals surface area contributed by atoms with E-state index >= 15 is 0 Å². The van der Waals surface area contributed by atoms with E-state index in [0.717, 1.165) is 16.9 Å². The number of methoxy groups -OCH3 is 1. The fourth-order valence-electron chi connectivity index (χ4n) is 2.14. The summed E-state index contributed by atoms with van der Waals surface area (Å²) < 4.78 is 6.52. The Morgan fingerprint density at radius 1 is 1.20 bits per heavy atom. The summed E-state index contributed by atoms with van der Waals surface area (Å²) in [4.78, 5) is 27.2. The first kappa shape index (κ1) is 14.2. The van der Waals surface area contributed by atoms with Gasteiger partial charge in [0.15, 0.2) is 0 Å². The molecule has 0 saturated heterocycles. The highest BCUT2D eigenvalue weighted by atomic mass is 16.5. The number of nitrogens with zero attached hydrogens (tertiary/aromatic N) is 2. The first-order valence-corrected chi connectivity index (χ1v) is 6.60. The van der Waals surface area contributed by atoms with Crippen LogP contribution in [0, 0.1) is 0 Å². The summed E-state index contributed by atoms with van der Waals surface area (Å²) in [6.07, 6.45) is 1.37. The lowest BCUT2D eigenvalue weighted by Crippen LogP contribution is -2.08. The van der Waals surface area contributed by atoms with Gasteiger partial charge in [0.1, 0.15) is 11.6 Å². The van der Waals surface area contributed by atoms with Gasteiger partial charge in [0.05, 0.1) is 24.6 Å².